The zero-order valence-corrected chi connectivity index (χ0v) is 18.1. The second kappa shape index (κ2) is 8.94. The number of nitrogens with zero attached hydrogens (tertiary/aromatic N) is 6. The molecule has 11 nitrogen and oxygen atoms in total. The molecule has 1 amide bonds. The number of nitrogens with one attached hydrogen (secondary N) is 1. The average Bonchev–Trinajstić information content (AvgIpc) is 3.59. The van der Waals surface area contributed by atoms with Crippen LogP contribution in [-0.2, 0) is 4.74 Å². The van der Waals surface area contributed by atoms with Gasteiger partial charge in [-0.1, -0.05) is 0 Å². The number of amides is 1. The van der Waals surface area contributed by atoms with Crippen molar-refractivity contribution in [1.29, 1.82) is 0 Å². The summed E-state index contributed by atoms with van der Waals surface area (Å²) in [4.78, 5) is 25.3. The van der Waals surface area contributed by atoms with Crippen LogP contribution in [0, 0.1) is 0 Å². The lowest BCUT2D eigenvalue weighted by Gasteiger charge is -2.28. The molecule has 1 saturated carbocycles. The molecule has 0 aliphatic heterocycles. The fraction of sp³-hybridized carbons (Fsp3) is 0.364. The molecule has 4 aromatic heterocycles. The molecule has 4 heterocycles. The Morgan fingerprint density at radius 1 is 1.27 bits per heavy atom. The second-order valence-corrected chi connectivity index (χ2v) is 7.88. The first kappa shape index (κ1) is 21.0. The average molecular weight is 448 g/mol. The number of primary amides is 1. The Labute approximate surface area is 189 Å². The van der Waals surface area contributed by atoms with Gasteiger partial charge in [-0.05, 0) is 38.7 Å². The number of aromatic amines is 1. The van der Waals surface area contributed by atoms with E-state index in [1.165, 1.54) is 0 Å². The summed E-state index contributed by atoms with van der Waals surface area (Å²) in [6, 6.07) is 1.92. The smallest absolute Gasteiger partial charge is 0.271 e. The van der Waals surface area contributed by atoms with E-state index >= 15 is 0 Å². The molecule has 11 heteroatoms. The molecule has 0 atom stereocenters. The summed E-state index contributed by atoms with van der Waals surface area (Å²) in [7, 11) is 0. The molecule has 0 saturated heterocycles. The molecule has 170 valence electrons. The van der Waals surface area contributed by atoms with Crippen molar-refractivity contribution in [3.05, 3.63) is 42.7 Å². The summed E-state index contributed by atoms with van der Waals surface area (Å²) >= 11 is 0. The molecule has 3 N–H and O–H groups in total. The number of hydrogen-bond acceptors (Lipinski definition) is 8. The van der Waals surface area contributed by atoms with Crippen molar-refractivity contribution in [2.75, 3.05) is 6.61 Å². The minimum Gasteiger partial charge on any atom is -0.435 e. The first-order valence-electron chi connectivity index (χ1n) is 10.9. The summed E-state index contributed by atoms with van der Waals surface area (Å²) in [5.74, 6) is 0.187. The fourth-order valence-electron chi connectivity index (χ4n) is 4.20. The van der Waals surface area contributed by atoms with E-state index in [1.54, 1.807) is 30.9 Å². The molecule has 1 aliphatic rings. The van der Waals surface area contributed by atoms with E-state index in [0.29, 0.717) is 22.6 Å². The van der Waals surface area contributed by atoms with Crippen molar-refractivity contribution >= 4 is 5.91 Å². The highest BCUT2D eigenvalue weighted by molar-refractivity contribution is 5.98. The molecule has 0 unspecified atom stereocenters. The number of H-pyrrole nitrogens is 1. The normalized spacial score (nSPS) is 18.5. The maximum atomic E-state index is 12.2. The first-order valence-corrected chi connectivity index (χ1v) is 10.9. The van der Waals surface area contributed by atoms with E-state index < -0.39 is 5.91 Å². The topological polar surface area (TPSA) is 151 Å². The molecule has 0 bridgehead atoms. The zero-order valence-electron chi connectivity index (χ0n) is 18.1. The van der Waals surface area contributed by atoms with E-state index in [0.717, 1.165) is 32.3 Å². The van der Waals surface area contributed by atoms with Gasteiger partial charge in [0.25, 0.3) is 5.91 Å². The van der Waals surface area contributed by atoms with Crippen LogP contribution in [0.3, 0.4) is 0 Å². The summed E-state index contributed by atoms with van der Waals surface area (Å²) in [5.41, 5.74) is 7.32. The minimum atomic E-state index is -0.701. The van der Waals surface area contributed by atoms with Crippen LogP contribution in [-0.4, -0.2) is 53.5 Å². The minimum absolute atomic E-state index is 0.0167. The highest BCUT2D eigenvalue weighted by Gasteiger charge is 2.29. The van der Waals surface area contributed by atoms with Gasteiger partial charge in [-0.3, -0.25) is 14.6 Å². The van der Waals surface area contributed by atoms with E-state index in [2.05, 4.69) is 25.1 Å². The van der Waals surface area contributed by atoms with Crippen LogP contribution >= 0.6 is 0 Å². The van der Waals surface area contributed by atoms with Crippen molar-refractivity contribution in [2.24, 2.45) is 5.73 Å². The van der Waals surface area contributed by atoms with Crippen molar-refractivity contribution in [3.8, 4) is 34.3 Å². The van der Waals surface area contributed by atoms with Gasteiger partial charge in [0, 0.05) is 31.4 Å². The predicted molar refractivity (Wildman–Crippen MR) is 118 cm³/mol. The molecule has 4 aromatic rings. The lowest BCUT2D eigenvalue weighted by atomic mass is 9.93. The molecular weight excluding hydrogens is 424 g/mol. The lowest BCUT2D eigenvalue weighted by molar-refractivity contribution is 0.0260. The molecule has 1 aliphatic carbocycles. The van der Waals surface area contributed by atoms with E-state index in [1.807, 2.05) is 17.8 Å². The number of nitrogens with two attached hydrogens (primary N) is 1. The Balaban J connectivity index is 1.58. The third-order valence-electron chi connectivity index (χ3n) is 5.78. The molecule has 0 spiro atoms. The number of aromatic nitrogens is 7. The molecule has 5 rings (SSSR count). The van der Waals surface area contributed by atoms with Crippen LogP contribution in [0.5, 0.6) is 0 Å². The van der Waals surface area contributed by atoms with Gasteiger partial charge in [0.05, 0.1) is 29.5 Å². The quantitative estimate of drug-likeness (QED) is 0.438. The Morgan fingerprint density at radius 3 is 2.73 bits per heavy atom. The highest BCUT2D eigenvalue weighted by Crippen LogP contribution is 2.37. The van der Waals surface area contributed by atoms with E-state index in [9.17, 15) is 4.79 Å². The van der Waals surface area contributed by atoms with Crippen LogP contribution < -0.4 is 5.73 Å². The standard InChI is InChI=1S/C22H24N8O3/c1-2-32-15-6-4-14(5-7-15)30-12-16(17(29-30)21-24-8-3-9-25-21)19-18(20(23)31)28-22(33-19)13-10-26-27-11-13/h3,8-12,14-15H,2,4-7H2,1H3,(H2,23,31)(H,26,27)/t14-,15-. The number of carbonyl (C=O) groups excluding carboxylic acids is 1. The summed E-state index contributed by atoms with van der Waals surface area (Å²) in [6.07, 6.45) is 12.4. The first-order chi connectivity index (χ1) is 16.1. The third-order valence-corrected chi connectivity index (χ3v) is 5.78. The molecule has 0 aromatic carbocycles. The Bertz CT molecular complexity index is 1220. The van der Waals surface area contributed by atoms with Crippen LogP contribution in [0.4, 0.5) is 0 Å². The van der Waals surface area contributed by atoms with Crippen molar-refractivity contribution < 1.29 is 13.9 Å². The maximum Gasteiger partial charge on any atom is 0.271 e. The predicted octanol–water partition coefficient (Wildman–Crippen LogP) is 3.00. The third kappa shape index (κ3) is 4.14. The molecule has 33 heavy (non-hydrogen) atoms. The van der Waals surface area contributed by atoms with Crippen LogP contribution in [0.25, 0.3) is 34.3 Å². The van der Waals surface area contributed by atoms with Gasteiger partial charge < -0.3 is 14.9 Å². The number of oxazole rings is 1. The van der Waals surface area contributed by atoms with Gasteiger partial charge in [-0.15, -0.1) is 0 Å². The van der Waals surface area contributed by atoms with E-state index in [-0.39, 0.29) is 29.5 Å². The Hall–Kier alpha value is -3.86. The monoisotopic (exact) mass is 448 g/mol. The Kier molecular flexibility index (Phi) is 5.69. The summed E-state index contributed by atoms with van der Waals surface area (Å²) < 4.78 is 13.7. The largest absolute Gasteiger partial charge is 0.435 e. The SMILES string of the molecule is CCO[C@H]1CC[C@H](n2cc(-c3oc(-c4cn[nH]c4)nc3C(N)=O)c(-c3ncccn3)n2)CC1. The molecular formula is C22H24N8O3. The number of rotatable bonds is 7. The fourth-order valence-corrected chi connectivity index (χ4v) is 4.20. The van der Waals surface area contributed by atoms with Gasteiger partial charge in [0.1, 0.15) is 5.69 Å². The highest BCUT2D eigenvalue weighted by atomic mass is 16.5. The summed E-state index contributed by atoms with van der Waals surface area (Å²) in [6.45, 7) is 2.74. The summed E-state index contributed by atoms with van der Waals surface area (Å²) in [5, 5.41) is 11.4. The van der Waals surface area contributed by atoms with Crippen LogP contribution in [0.15, 0.2) is 41.5 Å². The number of ether oxygens (including phenoxy) is 1. The number of hydrogen-bond donors (Lipinski definition) is 2. The van der Waals surface area contributed by atoms with Gasteiger partial charge >= 0.3 is 0 Å². The van der Waals surface area contributed by atoms with Gasteiger partial charge in [0.2, 0.25) is 5.89 Å². The van der Waals surface area contributed by atoms with E-state index in [4.69, 9.17) is 20.0 Å². The lowest BCUT2D eigenvalue weighted by Crippen LogP contribution is -2.24. The Morgan fingerprint density at radius 2 is 2.06 bits per heavy atom. The second-order valence-electron chi connectivity index (χ2n) is 7.88. The number of carbonyl (C=O) groups is 1. The van der Waals surface area contributed by atoms with Crippen molar-refractivity contribution in [1.82, 2.24) is 34.9 Å². The van der Waals surface area contributed by atoms with Crippen LogP contribution in [0.2, 0.25) is 0 Å². The van der Waals surface area contributed by atoms with Gasteiger partial charge in [-0.2, -0.15) is 10.2 Å². The molecule has 1 fully saturated rings. The zero-order chi connectivity index (χ0) is 22.8. The van der Waals surface area contributed by atoms with Gasteiger partial charge in [0.15, 0.2) is 17.3 Å². The maximum absolute atomic E-state index is 12.2. The van der Waals surface area contributed by atoms with Crippen LogP contribution in [0.1, 0.15) is 49.1 Å². The molecule has 0 radical (unpaired) electrons. The van der Waals surface area contributed by atoms with Crippen molar-refractivity contribution in [2.45, 2.75) is 44.8 Å². The van der Waals surface area contributed by atoms with Crippen molar-refractivity contribution in [3.63, 3.8) is 0 Å². The van der Waals surface area contributed by atoms with Gasteiger partial charge in [-0.25, -0.2) is 15.0 Å².